The number of nitrogens with one attached hydrogen (secondary N) is 2. The van der Waals surface area contributed by atoms with Crippen molar-refractivity contribution in [2.45, 2.75) is 20.3 Å². The first kappa shape index (κ1) is 18.0. The van der Waals surface area contributed by atoms with Gasteiger partial charge >= 0.3 is 0 Å². The summed E-state index contributed by atoms with van der Waals surface area (Å²) in [5.74, 6) is -0.184. The number of carbonyl (C=O) groups is 1. The molecule has 1 aromatic carbocycles. The second-order valence-electron chi connectivity index (χ2n) is 5.57. The van der Waals surface area contributed by atoms with Crippen molar-refractivity contribution in [3.8, 4) is 0 Å². The molecule has 0 atom stereocenters. The highest BCUT2D eigenvalue weighted by molar-refractivity contribution is 9.10. The molecule has 2 heterocycles. The summed E-state index contributed by atoms with van der Waals surface area (Å²) in [5.41, 5.74) is 3.72. The maximum Gasteiger partial charge on any atom is 0.262 e. The molecule has 3 rings (SSSR count). The topological polar surface area (TPSA) is 66.9 Å². The fourth-order valence-electron chi connectivity index (χ4n) is 2.43. The van der Waals surface area contributed by atoms with E-state index < -0.39 is 0 Å². The molecule has 0 saturated carbocycles. The van der Waals surface area contributed by atoms with Crippen LogP contribution in [0.5, 0.6) is 0 Å². The quantitative estimate of drug-likeness (QED) is 0.598. The normalized spacial score (nSPS) is 10.7. The van der Waals surface area contributed by atoms with Crippen LogP contribution in [-0.4, -0.2) is 22.3 Å². The van der Waals surface area contributed by atoms with E-state index in [1.165, 1.54) is 34.0 Å². The van der Waals surface area contributed by atoms with Gasteiger partial charge in [0.25, 0.3) is 5.91 Å². The van der Waals surface area contributed by atoms with E-state index in [2.05, 4.69) is 61.0 Å². The third-order valence-corrected chi connectivity index (χ3v) is 6.45. The van der Waals surface area contributed by atoms with Crippen molar-refractivity contribution in [1.82, 2.24) is 9.36 Å². The molecule has 2 N–H and O–H groups in total. The zero-order valence-corrected chi connectivity index (χ0v) is 17.2. The smallest absolute Gasteiger partial charge is 0.262 e. The van der Waals surface area contributed by atoms with Gasteiger partial charge in [-0.1, -0.05) is 28.1 Å². The Morgan fingerprint density at radius 1 is 1.32 bits per heavy atom. The second-order valence-corrected chi connectivity index (χ2v) is 8.31. The van der Waals surface area contributed by atoms with Gasteiger partial charge in [0, 0.05) is 29.0 Å². The first-order chi connectivity index (χ1) is 12.0. The van der Waals surface area contributed by atoms with Crippen molar-refractivity contribution < 1.29 is 4.79 Å². The van der Waals surface area contributed by atoms with Crippen LogP contribution in [0, 0.1) is 13.8 Å². The molecule has 8 heteroatoms. The number of carbonyl (C=O) groups excluding carboxylic acids is 1. The van der Waals surface area contributed by atoms with Crippen LogP contribution in [0.15, 0.2) is 28.9 Å². The minimum Gasteiger partial charge on any atom is -0.378 e. The number of aromatic nitrogens is 2. The lowest BCUT2D eigenvalue weighted by Crippen LogP contribution is -2.13. The average Bonchev–Trinajstić information content (AvgIpc) is 3.17. The van der Waals surface area contributed by atoms with Gasteiger partial charge in [-0.2, -0.15) is 4.37 Å². The number of rotatable bonds is 5. The predicted molar refractivity (Wildman–Crippen MR) is 108 cm³/mol. The van der Waals surface area contributed by atoms with Crippen LogP contribution in [0.25, 0.3) is 0 Å². The fourth-order valence-corrected chi connectivity index (χ4v) is 4.26. The van der Waals surface area contributed by atoms with E-state index in [0.29, 0.717) is 16.4 Å². The standard InChI is InChI=1S/C17H17BrN4OS2/c1-9-6-11(4-5-13(9)18)7-12-8-20-17(24-12)21-15(23)14-10(2)22-25-16(14)19-3/h4-6,8,19H,7H2,1-3H3,(H,20,21,23). The summed E-state index contributed by atoms with van der Waals surface area (Å²) < 4.78 is 5.33. The molecule has 0 saturated heterocycles. The number of aryl methyl sites for hydroxylation is 2. The maximum absolute atomic E-state index is 12.5. The molecule has 0 unspecified atom stereocenters. The summed E-state index contributed by atoms with van der Waals surface area (Å²) in [6, 6.07) is 6.30. The Morgan fingerprint density at radius 2 is 2.12 bits per heavy atom. The molecule has 1 amide bonds. The van der Waals surface area contributed by atoms with E-state index in [1.807, 2.05) is 13.1 Å². The highest BCUT2D eigenvalue weighted by Gasteiger charge is 2.18. The second kappa shape index (κ2) is 7.63. The molecule has 0 radical (unpaired) electrons. The number of hydrogen-bond acceptors (Lipinski definition) is 6. The molecule has 0 fully saturated rings. The van der Waals surface area contributed by atoms with Crippen molar-refractivity contribution in [3.63, 3.8) is 0 Å². The molecule has 130 valence electrons. The summed E-state index contributed by atoms with van der Waals surface area (Å²) in [5, 5.41) is 7.24. The van der Waals surface area contributed by atoms with E-state index in [0.717, 1.165) is 20.8 Å². The van der Waals surface area contributed by atoms with Crippen molar-refractivity contribution in [3.05, 3.63) is 56.1 Å². The molecule has 2 aromatic heterocycles. The van der Waals surface area contributed by atoms with Gasteiger partial charge in [0.15, 0.2) is 5.13 Å². The fraction of sp³-hybridized carbons (Fsp3) is 0.235. The van der Waals surface area contributed by atoms with Crippen LogP contribution in [0.1, 0.15) is 32.1 Å². The Morgan fingerprint density at radius 3 is 2.84 bits per heavy atom. The molecule has 0 aliphatic heterocycles. The Labute approximate surface area is 162 Å². The minimum atomic E-state index is -0.184. The van der Waals surface area contributed by atoms with Gasteiger partial charge < -0.3 is 5.32 Å². The molecular formula is C17H17BrN4OS2. The Kier molecular flexibility index (Phi) is 5.51. The number of halogens is 1. The van der Waals surface area contributed by atoms with Crippen molar-refractivity contribution in [1.29, 1.82) is 0 Å². The largest absolute Gasteiger partial charge is 0.378 e. The van der Waals surface area contributed by atoms with Crippen LogP contribution in [0.3, 0.4) is 0 Å². The minimum absolute atomic E-state index is 0.184. The monoisotopic (exact) mass is 436 g/mol. The summed E-state index contributed by atoms with van der Waals surface area (Å²) in [7, 11) is 1.78. The van der Waals surface area contributed by atoms with Gasteiger partial charge in [0.2, 0.25) is 0 Å². The van der Waals surface area contributed by atoms with Crippen molar-refractivity contribution in [2.24, 2.45) is 0 Å². The molecule has 0 aliphatic rings. The van der Waals surface area contributed by atoms with Crippen molar-refractivity contribution >= 4 is 54.8 Å². The van der Waals surface area contributed by atoms with E-state index in [-0.39, 0.29) is 5.91 Å². The summed E-state index contributed by atoms with van der Waals surface area (Å²) in [4.78, 5) is 17.9. The SMILES string of the molecule is CNc1snc(C)c1C(=O)Nc1ncc(Cc2ccc(Br)c(C)c2)s1. The van der Waals surface area contributed by atoms with Gasteiger partial charge in [0.05, 0.1) is 11.3 Å². The van der Waals surface area contributed by atoms with Gasteiger partial charge in [0.1, 0.15) is 5.00 Å². The molecule has 5 nitrogen and oxygen atoms in total. The summed E-state index contributed by atoms with van der Waals surface area (Å²) in [6.45, 7) is 3.90. The van der Waals surface area contributed by atoms with E-state index in [1.54, 1.807) is 7.05 Å². The Hall–Kier alpha value is -1.77. The molecule has 3 aromatic rings. The molecule has 25 heavy (non-hydrogen) atoms. The maximum atomic E-state index is 12.5. The number of anilines is 2. The molecule has 0 aliphatic carbocycles. The zero-order valence-electron chi connectivity index (χ0n) is 14.0. The zero-order chi connectivity index (χ0) is 18.0. The third kappa shape index (κ3) is 4.08. The lowest BCUT2D eigenvalue weighted by Gasteiger charge is -2.03. The number of hydrogen-bond donors (Lipinski definition) is 2. The Balaban J connectivity index is 1.72. The van der Waals surface area contributed by atoms with Crippen molar-refractivity contribution in [2.75, 3.05) is 17.7 Å². The lowest BCUT2D eigenvalue weighted by atomic mass is 10.1. The number of benzene rings is 1. The highest BCUT2D eigenvalue weighted by Crippen LogP contribution is 2.27. The summed E-state index contributed by atoms with van der Waals surface area (Å²) in [6.07, 6.45) is 2.61. The molecule has 0 bridgehead atoms. The van der Waals surface area contributed by atoms with Crippen LogP contribution >= 0.6 is 38.8 Å². The predicted octanol–water partition coefficient (Wildman–Crippen LogP) is 4.86. The first-order valence-corrected chi connectivity index (χ1v) is 10.0. The molecular weight excluding hydrogens is 420 g/mol. The van der Waals surface area contributed by atoms with Crippen LogP contribution in [0.2, 0.25) is 0 Å². The van der Waals surface area contributed by atoms with E-state index in [9.17, 15) is 4.79 Å². The van der Waals surface area contributed by atoms with E-state index in [4.69, 9.17) is 0 Å². The van der Waals surface area contributed by atoms with Gasteiger partial charge in [-0.3, -0.25) is 10.1 Å². The van der Waals surface area contributed by atoms with Gasteiger partial charge in [-0.05, 0) is 42.6 Å². The first-order valence-electron chi connectivity index (χ1n) is 7.63. The number of amides is 1. The number of thiazole rings is 1. The average molecular weight is 437 g/mol. The third-order valence-electron chi connectivity index (χ3n) is 3.69. The van der Waals surface area contributed by atoms with Crippen LogP contribution in [-0.2, 0) is 6.42 Å². The van der Waals surface area contributed by atoms with E-state index >= 15 is 0 Å². The highest BCUT2D eigenvalue weighted by atomic mass is 79.9. The summed E-state index contributed by atoms with van der Waals surface area (Å²) >= 11 is 6.29. The Bertz CT molecular complexity index is 919. The number of nitrogens with zero attached hydrogens (tertiary/aromatic N) is 2. The lowest BCUT2D eigenvalue weighted by molar-refractivity contribution is 0.102. The van der Waals surface area contributed by atoms with Crippen LogP contribution in [0.4, 0.5) is 10.1 Å². The van der Waals surface area contributed by atoms with Gasteiger partial charge in [-0.15, -0.1) is 11.3 Å². The van der Waals surface area contributed by atoms with Gasteiger partial charge in [-0.25, -0.2) is 4.98 Å². The van der Waals surface area contributed by atoms with Crippen LogP contribution < -0.4 is 10.6 Å². The molecule has 0 spiro atoms.